The van der Waals surface area contributed by atoms with Crippen molar-refractivity contribution in [2.45, 2.75) is 32.1 Å². The smallest absolute Gasteiger partial charge is 0.230 e. The van der Waals surface area contributed by atoms with Gasteiger partial charge in [-0.05, 0) is 30.9 Å². The number of aromatic nitrogens is 3. The highest BCUT2D eigenvalue weighted by molar-refractivity contribution is 6.02. The number of allylic oxidation sites excluding steroid dienone is 2. The normalized spacial score (nSPS) is 25.8. The summed E-state index contributed by atoms with van der Waals surface area (Å²) in [6.45, 7) is 3.97. The molecular weight excluding hydrogens is 354 g/mol. The number of pyridine rings is 1. The van der Waals surface area contributed by atoms with Gasteiger partial charge in [0.05, 0.1) is 18.4 Å². The lowest BCUT2D eigenvalue weighted by molar-refractivity contribution is -0.121. The largest absolute Gasteiger partial charge is 0.481 e. The van der Waals surface area contributed by atoms with E-state index in [1.54, 1.807) is 25.6 Å². The average Bonchev–Trinajstić information content (AvgIpc) is 2.71. The van der Waals surface area contributed by atoms with Crippen LogP contribution in [0.4, 0.5) is 11.6 Å². The van der Waals surface area contributed by atoms with Crippen molar-refractivity contribution in [2.24, 2.45) is 11.8 Å². The summed E-state index contributed by atoms with van der Waals surface area (Å²) < 4.78 is 5.56. The van der Waals surface area contributed by atoms with Gasteiger partial charge in [0.1, 0.15) is 6.07 Å². The molecule has 0 spiro atoms. The van der Waals surface area contributed by atoms with Crippen molar-refractivity contribution in [3.8, 4) is 11.9 Å². The van der Waals surface area contributed by atoms with Crippen LogP contribution < -0.4 is 10.1 Å². The number of carbonyl (C=O) groups excluding carboxylic acids is 1. The third-order valence-corrected chi connectivity index (χ3v) is 5.93. The second kappa shape index (κ2) is 6.71. The standard InChI is InChI=1S/C21H21N5O2/c1-12-16-5-4-15-18(21(16,2)10-13(11-22)17(12)27)25-20(26-19(15)28-3)24-14-6-8-23-9-7-14/h6-10,12,16H,4-5H2,1-3H3,(H,23,24,25,26)/t12-,16-,21-/m1/s1. The van der Waals surface area contributed by atoms with Crippen molar-refractivity contribution >= 4 is 17.4 Å². The Kier molecular flexibility index (Phi) is 4.34. The number of ketones is 1. The van der Waals surface area contributed by atoms with Gasteiger partial charge in [-0.2, -0.15) is 10.2 Å². The van der Waals surface area contributed by atoms with Crippen molar-refractivity contribution in [3.63, 3.8) is 0 Å². The van der Waals surface area contributed by atoms with E-state index < -0.39 is 5.41 Å². The zero-order valence-electron chi connectivity index (χ0n) is 16.1. The van der Waals surface area contributed by atoms with Gasteiger partial charge in [0, 0.05) is 35.0 Å². The number of nitriles is 1. The van der Waals surface area contributed by atoms with Gasteiger partial charge in [-0.1, -0.05) is 19.9 Å². The van der Waals surface area contributed by atoms with Crippen molar-refractivity contribution < 1.29 is 9.53 Å². The molecule has 142 valence electrons. The predicted molar refractivity (Wildman–Crippen MR) is 103 cm³/mol. The molecule has 2 aromatic rings. The van der Waals surface area contributed by atoms with Crippen LogP contribution in [0.15, 0.2) is 36.2 Å². The topological polar surface area (TPSA) is 101 Å². The minimum absolute atomic E-state index is 0.0791. The van der Waals surface area contributed by atoms with Crippen LogP contribution in [-0.4, -0.2) is 27.8 Å². The van der Waals surface area contributed by atoms with Gasteiger partial charge < -0.3 is 10.1 Å². The molecule has 7 heteroatoms. The molecule has 2 aliphatic carbocycles. The summed E-state index contributed by atoms with van der Waals surface area (Å²) in [7, 11) is 1.59. The molecule has 1 N–H and O–H groups in total. The van der Waals surface area contributed by atoms with Crippen LogP contribution in [0.1, 0.15) is 31.5 Å². The minimum Gasteiger partial charge on any atom is -0.481 e. The summed E-state index contributed by atoms with van der Waals surface area (Å²) >= 11 is 0. The van der Waals surface area contributed by atoms with Crippen LogP contribution in [0.3, 0.4) is 0 Å². The Balaban J connectivity index is 1.87. The molecule has 3 atom stereocenters. The lowest BCUT2D eigenvalue weighted by Gasteiger charge is -2.45. The number of nitrogens with one attached hydrogen (secondary N) is 1. The monoisotopic (exact) mass is 375 g/mol. The Bertz CT molecular complexity index is 1010. The van der Waals surface area contributed by atoms with E-state index in [4.69, 9.17) is 9.72 Å². The van der Waals surface area contributed by atoms with Crippen LogP contribution >= 0.6 is 0 Å². The predicted octanol–water partition coefficient (Wildman–Crippen LogP) is 3.11. The third-order valence-electron chi connectivity index (χ3n) is 5.93. The Morgan fingerprint density at radius 1 is 1.32 bits per heavy atom. The Morgan fingerprint density at radius 3 is 2.75 bits per heavy atom. The van der Waals surface area contributed by atoms with Crippen LogP contribution in [0.2, 0.25) is 0 Å². The van der Waals surface area contributed by atoms with Gasteiger partial charge in [0.15, 0.2) is 5.78 Å². The molecule has 2 aromatic heterocycles. The zero-order valence-corrected chi connectivity index (χ0v) is 16.1. The van der Waals surface area contributed by atoms with Gasteiger partial charge >= 0.3 is 0 Å². The first kappa shape index (κ1) is 18.1. The maximum atomic E-state index is 12.5. The van der Waals surface area contributed by atoms with Crippen LogP contribution in [0, 0.1) is 23.2 Å². The summed E-state index contributed by atoms with van der Waals surface area (Å²) in [5.41, 5.74) is 2.25. The summed E-state index contributed by atoms with van der Waals surface area (Å²) in [4.78, 5) is 25.9. The molecule has 0 bridgehead atoms. The number of hydrogen-bond donors (Lipinski definition) is 1. The molecule has 28 heavy (non-hydrogen) atoms. The highest BCUT2D eigenvalue weighted by Crippen LogP contribution is 2.50. The van der Waals surface area contributed by atoms with Gasteiger partial charge in [-0.25, -0.2) is 4.98 Å². The minimum atomic E-state index is -0.531. The fourth-order valence-corrected chi connectivity index (χ4v) is 4.53. The summed E-state index contributed by atoms with van der Waals surface area (Å²) in [5.74, 6) is 0.718. The Morgan fingerprint density at radius 2 is 2.07 bits per heavy atom. The summed E-state index contributed by atoms with van der Waals surface area (Å²) in [5, 5.41) is 12.7. The molecule has 0 aliphatic heterocycles. The molecule has 0 aromatic carbocycles. The lowest BCUT2D eigenvalue weighted by atomic mass is 9.58. The van der Waals surface area contributed by atoms with Gasteiger partial charge in [0.2, 0.25) is 11.8 Å². The number of nitrogens with zero attached hydrogens (tertiary/aromatic N) is 4. The summed E-state index contributed by atoms with van der Waals surface area (Å²) in [6.07, 6.45) is 6.72. The van der Waals surface area contributed by atoms with Crippen molar-refractivity contribution in [1.82, 2.24) is 15.0 Å². The van der Waals surface area contributed by atoms with E-state index in [0.29, 0.717) is 11.8 Å². The first-order valence-electron chi connectivity index (χ1n) is 9.27. The van der Waals surface area contributed by atoms with Gasteiger partial charge in [0.25, 0.3) is 0 Å². The molecule has 0 fully saturated rings. The highest BCUT2D eigenvalue weighted by atomic mass is 16.5. The Labute approximate surface area is 163 Å². The molecule has 2 aliphatic rings. The maximum Gasteiger partial charge on any atom is 0.230 e. The number of carbonyl (C=O) groups is 1. The number of rotatable bonds is 3. The molecule has 7 nitrogen and oxygen atoms in total. The first-order valence-corrected chi connectivity index (χ1v) is 9.27. The van der Waals surface area contributed by atoms with Gasteiger partial charge in [-0.15, -0.1) is 0 Å². The number of hydrogen-bond acceptors (Lipinski definition) is 7. The van der Waals surface area contributed by atoms with Crippen LogP contribution in [-0.2, 0) is 16.6 Å². The van der Waals surface area contributed by atoms with E-state index in [1.165, 1.54) is 0 Å². The molecule has 4 rings (SSSR count). The van der Waals surface area contributed by atoms with E-state index in [2.05, 4.69) is 28.3 Å². The van der Waals surface area contributed by atoms with E-state index in [-0.39, 0.29) is 23.2 Å². The number of Topliss-reactive ketones (excluding diaryl/α,β-unsaturated/α-hetero) is 1. The second-order valence-electron chi connectivity index (χ2n) is 7.50. The fraction of sp³-hybridized carbons (Fsp3) is 0.381. The fourth-order valence-electron chi connectivity index (χ4n) is 4.53. The van der Waals surface area contributed by atoms with E-state index in [0.717, 1.165) is 29.8 Å². The van der Waals surface area contributed by atoms with E-state index in [9.17, 15) is 10.1 Å². The number of methoxy groups -OCH3 is 1. The van der Waals surface area contributed by atoms with E-state index in [1.807, 2.05) is 19.1 Å². The van der Waals surface area contributed by atoms with E-state index >= 15 is 0 Å². The molecule has 0 saturated heterocycles. The average molecular weight is 375 g/mol. The zero-order chi connectivity index (χ0) is 19.9. The lowest BCUT2D eigenvalue weighted by Crippen LogP contribution is -2.46. The number of ether oxygens (including phenoxy) is 1. The second-order valence-corrected chi connectivity index (χ2v) is 7.50. The number of fused-ring (bicyclic) bond motifs is 3. The van der Waals surface area contributed by atoms with Gasteiger partial charge in [-0.3, -0.25) is 9.78 Å². The van der Waals surface area contributed by atoms with Crippen LogP contribution in [0.25, 0.3) is 0 Å². The molecule has 2 heterocycles. The molecule has 0 amide bonds. The molecule has 0 radical (unpaired) electrons. The van der Waals surface area contributed by atoms with Crippen LogP contribution in [0.5, 0.6) is 5.88 Å². The summed E-state index contributed by atoms with van der Waals surface area (Å²) in [6, 6.07) is 5.73. The Hall–Kier alpha value is -3.27. The quantitative estimate of drug-likeness (QED) is 0.879. The first-order chi connectivity index (χ1) is 13.5. The molecule has 0 saturated carbocycles. The highest BCUT2D eigenvalue weighted by Gasteiger charge is 2.49. The SMILES string of the molecule is COc1nc(Nc2ccncc2)nc2c1CC[C@@H]1[C@@H](C)C(=O)C(C#N)=C[C@@]21C. The maximum absolute atomic E-state index is 12.5. The number of anilines is 2. The molecular formula is C21H21N5O2. The van der Waals surface area contributed by atoms with Crippen molar-refractivity contribution in [1.29, 1.82) is 5.26 Å². The van der Waals surface area contributed by atoms with Crippen molar-refractivity contribution in [2.75, 3.05) is 12.4 Å². The molecule has 0 unspecified atom stereocenters. The third kappa shape index (κ3) is 2.73. The van der Waals surface area contributed by atoms with Crippen molar-refractivity contribution in [3.05, 3.63) is 47.4 Å².